The van der Waals surface area contributed by atoms with Gasteiger partial charge < -0.3 is 0 Å². The Morgan fingerprint density at radius 3 is 0.907 bits per heavy atom. The molecule has 0 N–H and O–H groups in total. The number of nitrogens with zero attached hydrogens (tertiary/aromatic N) is 14. The number of para-hydroxylation sites is 3. The minimum Gasteiger partial charge on any atom is -0.265 e. The number of pyridine rings is 14. The molecule has 0 bridgehead atoms. The van der Waals surface area contributed by atoms with Crippen molar-refractivity contribution in [1.82, 2.24) is 69.8 Å². The Morgan fingerprint density at radius 2 is 0.450 bits per heavy atom. The fourth-order valence-corrected chi connectivity index (χ4v) is 19.4. The maximum absolute atomic E-state index is 5.40. The molecule has 0 amide bonds. The lowest BCUT2D eigenvalue weighted by molar-refractivity contribution is 1.25. The normalized spacial score (nSPS) is 11.4. The van der Waals surface area contributed by atoms with Gasteiger partial charge in [0.15, 0.2) is 0 Å². The molecule has 0 aliphatic heterocycles. The van der Waals surface area contributed by atoms with Crippen molar-refractivity contribution in [2.45, 2.75) is 0 Å². The van der Waals surface area contributed by atoms with Crippen molar-refractivity contribution in [2.24, 2.45) is 0 Å². The molecule has 652 valence electrons. The third-order valence-electron chi connectivity index (χ3n) is 26.3. The highest BCUT2D eigenvalue weighted by Crippen LogP contribution is 2.46. The summed E-state index contributed by atoms with van der Waals surface area (Å²) in [6, 6.07) is 141. The van der Waals surface area contributed by atoms with Crippen LogP contribution in [0.2, 0.25) is 0 Å². The van der Waals surface area contributed by atoms with E-state index >= 15 is 0 Å². The Labute approximate surface area is 804 Å². The first-order chi connectivity index (χ1) is 69.3. The van der Waals surface area contributed by atoms with E-state index in [-0.39, 0.29) is 0 Å². The van der Waals surface area contributed by atoms with Crippen LogP contribution in [0.4, 0.5) is 0 Å². The van der Waals surface area contributed by atoms with Gasteiger partial charge in [-0.2, -0.15) is 0 Å². The Kier molecular flexibility index (Phi) is 21.3. The molecule has 0 spiro atoms. The molecule has 0 atom stereocenters. The molecule has 140 heavy (non-hydrogen) atoms. The summed E-state index contributed by atoms with van der Waals surface area (Å²) in [6.45, 7) is 0. The zero-order valence-corrected chi connectivity index (χ0v) is 75.3. The molecule has 14 heterocycles. The summed E-state index contributed by atoms with van der Waals surface area (Å²) < 4.78 is 0. The maximum atomic E-state index is 5.40. The number of benzene rings is 13. The Hall–Kier alpha value is -19.2. The van der Waals surface area contributed by atoms with E-state index in [0.717, 1.165) is 244 Å². The average molecular weight is 1790 g/mol. The Balaban J connectivity index is 0.000000111. The summed E-state index contributed by atoms with van der Waals surface area (Å²) in [5.41, 5.74) is 34.6. The third-order valence-corrected chi connectivity index (χ3v) is 26.3. The molecule has 14 aromatic heterocycles. The molecular weight excluding hydrogens is 1710 g/mol. The average Bonchev–Trinajstić information content (AvgIpc) is 0.739. The lowest BCUT2D eigenvalue weighted by atomic mass is 9.93. The smallest absolute Gasteiger partial charge is 0.0979 e. The van der Waals surface area contributed by atoms with Gasteiger partial charge in [-0.1, -0.05) is 267 Å². The zero-order chi connectivity index (χ0) is 92.8. The van der Waals surface area contributed by atoms with Gasteiger partial charge >= 0.3 is 0 Å². The van der Waals surface area contributed by atoms with Crippen LogP contribution < -0.4 is 0 Å². The van der Waals surface area contributed by atoms with E-state index in [1.165, 1.54) is 21.5 Å². The van der Waals surface area contributed by atoms with E-state index < -0.39 is 0 Å². The number of aromatic nitrogens is 14. The van der Waals surface area contributed by atoms with Gasteiger partial charge in [-0.25, -0.2) is 29.9 Å². The van der Waals surface area contributed by atoms with E-state index in [9.17, 15) is 0 Å². The van der Waals surface area contributed by atoms with Gasteiger partial charge in [0.05, 0.1) is 95.2 Å². The van der Waals surface area contributed by atoms with Crippen molar-refractivity contribution in [1.29, 1.82) is 0 Å². The van der Waals surface area contributed by atoms with E-state index in [4.69, 9.17) is 49.8 Å². The molecule has 0 aliphatic carbocycles. The largest absolute Gasteiger partial charge is 0.265 e. The quantitative estimate of drug-likeness (QED) is 0.0785. The standard InChI is InChI=1S/C43H27N5.C42H26N6.C41H25N3/c1-2-6-38-36(5-1)41(37-16-15-34-4-3-21-46-42(34)43(37)48-38)35-26-39(32-11-7-28(8-12-32)30-17-22-44-23-18-30)47-40(27-35)33-13-9-29(10-14-33)31-19-24-45-25-20-31;1-2-9-36-33(7-1)40(34-16-14-30-6-5-21-45-41(30)42(34)48-36)32-24-38(29-12-10-28(11-13-29)35-8-3-4-20-44-35)47-39(25-32)37-17-15-31(26-46-37)27-18-22-43-23-19-27;1-3-10-29-22-31(17-15-26(29)8-1)33-24-37(32-18-16-27-9-2-4-11-30(27)23-32)43-38(25-33)39-34-13-5-6-14-36(34)44-41-35(39)20-19-28-12-7-21-42-40(28)41/h1-27H;1-26H;1-25H. The Bertz CT molecular complexity index is 8810. The van der Waals surface area contributed by atoms with Gasteiger partial charge in [0.25, 0.3) is 0 Å². The SMILES string of the molecule is c1ccc(-c2ccc(-c3cc(-c4c5ccccc5nc5c4ccc4cccnc45)cc(-c4ccc(-c5ccncc5)cn4)n3)cc2)nc1.c1ccc2cc(-c3cc(-c4ccc5ccccc5c4)nc(-c4c5ccccc5nc5c4ccc4cccnc45)c3)ccc2c1.c1cnc2c(c1)ccc1c(-c3cc(-c4ccc(-c5ccncc5)cc4)nc(-c4ccc(-c5ccncc5)cc4)c3)c3ccccc3nc12. The minimum atomic E-state index is 0.783. The second-order valence-corrected chi connectivity index (χ2v) is 34.7. The van der Waals surface area contributed by atoms with Crippen LogP contribution in [0.1, 0.15) is 0 Å². The van der Waals surface area contributed by atoms with Crippen molar-refractivity contribution in [3.8, 4) is 146 Å². The summed E-state index contributed by atoms with van der Waals surface area (Å²) in [7, 11) is 0. The molecule has 14 heteroatoms. The van der Waals surface area contributed by atoms with Crippen LogP contribution in [-0.4, -0.2) is 69.8 Å². The van der Waals surface area contributed by atoms with Crippen molar-refractivity contribution >= 4 is 120 Å². The minimum absolute atomic E-state index is 0.783. The van der Waals surface area contributed by atoms with E-state index in [2.05, 4.69) is 329 Å². The molecule has 0 saturated heterocycles. The second kappa shape index (κ2) is 36.0. The van der Waals surface area contributed by atoms with Crippen LogP contribution in [-0.2, 0) is 0 Å². The van der Waals surface area contributed by atoms with Gasteiger partial charge in [-0.15, -0.1) is 0 Å². The maximum Gasteiger partial charge on any atom is 0.0979 e. The molecular formula is C126H78N14. The van der Waals surface area contributed by atoms with Gasteiger partial charge in [0, 0.05) is 167 Å². The molecule has 27 aromatic rings. The Morgan fingerprint density at radius 1 is 0.129 bits per heavy atom. The van der Waals surface area contributed by atoms with E-state index in [1.54, 1.807) is 12.4 Å². The lowest BCUT2D eigenvalue weighted by Crippen LogP contribution is -1.96. The van der Waals surface area contributed by atoms with Crippen molar-refractivity contribution in [2.75, 3.05) is 0 Å². The van der Waals surface area contributed by atoms with Crippen LogP contribution in [0.15, 0.2) is 475 Å². The second-order valence-electron chi connectivity index (χ2n) is 34.7. The summed E-state index contributed by atoms with van der Waals surface area (Å²) >= 11 is 0. The summed E-state index contributed by atoms with van der Waals surface area (Å²) in [5, 5.41) is 14.4. The fourth-order valence-electron chi connectivity index (χ4n) is 19.4. The summed E-state index contributed by atoms with van der Waals surface area (Å²) in [4.78, 5) is 67.5. The zero-order valence-electron chi connectivity index (χ0n) is 75.3. The van der Waals surface area contributed by atoms with Gasteiger partial charge in [-0.3, -0.25) is 39.9 Å². The monoisotopic (exact) mass is 1790 g/mol. The van der Waals surface area contributed by atoms with Crippen molar-refractivity contribution in [3.63, 3.8) is 0 Å². The van der Waals surface area contributed by atoms with Crippen LogP contribution in [0.3, 0.4) is 0 Å². The van der Waals surface area contributed by atoms with Crippen LogP contribution in [0.5, 0.6) is 0 Å². The van der Waals surface area contributed by atoms with Gasteiger partial charge in [0.1, 0.15) is 0 Å². The van der Waals surface area contributed by atoms with Crippen molar-refractivity contribution in [3.05, 3.63) is 475 Å². The van der Waals surface area contributed by atoms with Crippen LogP contribution in [0.25, 0.3) is 265 Å². The molecule has 13 aromatic carbocycles. The predicted octanol–water partition coefficient (Wildman–Crippen LogP) is 30.9. The van der Waals surface area contributed by atoms with Gasteiger partial charge in [-0.05, 0) is 211 Å². The highest BCUT2D eigenvalue weighted by Gasteiger charge is 2.24. The third kappa shape index (κ3) is 15.9. The number of hydrogen-bond donors (Lipinski definition) is 0. The molecule has 0 fully saturated rings. The van der Waals surface area contributed by atoms with Crippen molar-refractivity contribution < 1.29 is 0 Å². The molecule has 0 aliphatic rings. The molecule has 0 unspecified atom stereocenters. The topological polar surface area (TPSA) is 180 Å². The van der Waals surface area contributed by atoms with Crippen LogP contribution in [0, 0.1) is 0 Å². The van der Waals surface area contributed by atoms with E-state index in [0.29, 0.717) is 0 Å². The molecule has 27 rings (SSSR count). The molecule has 14 nitrogen and oxygen atoms in total. The first-order valence-electron chi connectivity index (χ1n) is 46.5. The summed E-state index contributed by atoms with van der Waals surface area (Å²) in [6.07, 6.45) is 20.1. The molecule has 0 radical (unpaired) electrons. The fraction of sp³-hybridized carbons (Fsp3) is 0. The highest BCUT2D eigenvalue weighted by atomic mass is 14.8. The number of rotatable bonds is 13. The lowest BCUT2D eigenvalue weighted by Gasteiger charge is -2.15. The number of hydrogen-bond acceptors (Lipinski definition) is 14. The number of fused-ring (bicyclic) bond motifs is 14. The first-order valence-corrected chi connectivity index (χ1v) is 46.5. The van der Waals surface area contributed by atoms with Gasteiger partial charge in [0.2, 0.25) is 0 Å². The molecule has 0 saturated carbocycles. The van der Waals surface area contributed by atoms with Crippen LogP contribution >= 0.6 is 0 Å². The first kappa shape index (κ1) is 82.7. The summed E-state index contributed by atoms with van der Waals surface area (Å²) in [5.74, 6) is 0. The predicted molar refractivity (Wildman–Crippen MR) is 572 cm³/mol. The van der Waals surface area contributed by atoms with E-state index in [1.807, 2.05) is 153 Å². The highest BCUT2D eigenvalue weighted by molar-refractivity contribution is 6.19.